The fraction of sp³-hybridized carbons (Fsp3) is 0.280. The predicted molar refractivity (Wildman–Crippen MR) is 130 cm³/mol. The minimum Gasteiger partial charge on any atom is -0.348 e. The van der Waals surface area contributed by atoms with Crippen molar-refractivity contribution in [1.82, 2.24) is 14.8 Å². The number of rotatable bonds is 5. The maximum Gasteiger partial charge on any atom is 0.321 e. The SMILES string of the molecule is Cc1cc(C(=O)NCc2cccc(NC(=O)N3CCCC3)c2)c(C)n1-c1cccc(Br)c1. The van der Waals surface area contributed by atoms with Crippen LogP contribution in [0.2, 0.25) is 0 Å². The zero-order valence-corrected chi connectivity index (χ0v) is 19.9. The van der Waals surface area contributed by atoms with Gasteiger partial charge in [0.25, 0.3) is 5.91 Å². The number of amides is 3. The molecule has 0 saturated carbocycles. The Labute approximate surface area is 196 Å². The van der Waals surface area contributed by atoms with E-state index in [2.05, 4.69) is 31.1 Å². The van der Waals surface area contributed by atoms with Crippen LogP contribution in [-0.2, 0) is 6.54 Å². The number of aryl methyl sites for hydroxylation is 1. The van der Waals surface area contributed by atoms with Gasteiger partial charge in [-0.2, -0.15) is 0 Å². The number of nitrogens with one attached hydrogen (secondary N) is 2. The van der Waals surface area contributed by atoms with Gasteiger partial charge >= 0.3 is 6.03 Å². The number of hydrogen-bond donors (Lipinski definition) is 2. The molecule has 0 radical (unpaired) electrons. The van der Waals surface area contributed by atoms with Gasteiger partial charge in [-0.1, -0.05) is 34.1 Å². The van der Waals surface area contributed by atoms with Gasteiger partial charge in [0.1, 0.15) is 0 Å². The molecule has 1 aliphatic heterocycles. The molecule has 1 aliphatic rings. The second-order valence-corrected chi connectivity index (χ2v) is 9.02. The first-order chi connectivity index (χ1) is 15.4. The van der Waals surface area contributed by atoms with E-state index in [4.69, 9.17) is 0 Å². The Morgan fingerprint density at radius 3 is 2.50 bits per heavy atom. The Morgan fingerprint density at radius 2 is 1.75 bits per heavy atom. The highest BCUT2D eigenvalue weighted by Crippen LogP contribution is 2.23. The van der Waals surface area contributed by atoms with Crippen LogP contribution in [0.1, 0.15) is 40.2 Å². The van der Waals surface area contributed by atoms with Crippen molar-refractivity contribution in [3.05, 3.63) is 81.6 Å². The number of benzene rings is 2. The molecule has 1 fully saturated rings. The van der Waals surface area contributed by atoms with E-state index in [0.29, 0.717) is 12.1 Å². The van der Waals surface area contributed by atoms with Crippen molar-refractivity contribution < 1.29 is 9.59 Å². The van der Waals surface area contributed by atoms with E-state index in [9.17, 15) is 9.59 Å². The lowest BCUT2D eigenvalue weighted by Crippen LogP contribution is -2.32. The molecule has 3 amide bonds. The molecule has 166 valence electrons. The van der Waals surface area contributed by atoms with Crippen molar-refractivity contribution in [3.63, 3.8) is 0 Å². The monoisotopic (exact) mass is 494 g/mol. The average Bonchev–Trinajstić information content (AvgIpc) is 3.41. The number of halogens is 1. The van der Waals surface area contributed by atoms with E-state index >= 15 is 0 Å². The minimum absolute atomic E-state index is 0.0660. The lowest BCUT2D eigenvalue weighted by atomic mass is 10.2. The van der Waals surface area contributed by atoms with Crippen LogP contribution in [0.25, 0.3) is 5.69 Å². The summed E-state index contributed by atoms with van der Waals surface area (Å²) in [6, 6.07) is 17.5. The molecule has 6 nitrogen and oxygen atoms in total. The molecule has 32 heavy (non-hydrogen) atoms. The normalized spacial score (nSPS) is 13.3. The lowest BCUT2D eigenvalue weighted by Gasteiger charge is -2.16. The van der Waals surface area contributed by atoms with Crippen LogP contribution in [0, 0.1) is 13.8 Å². The first-order valence-corrected chi connectivity index (χ1v) is 11.6. The molecule has 2 aromatic carbocycles. The molecule has 0 aliphatic carbocycles. The third-order valence-electron chi connectivity index (χ3n) is 5.77. The Morgan fingerprint density at radius 1 is 1.00 bits per heavy atom. The van der Waals surface area contributed by atoms with E-state index in [1.807, 2.05) is 73.3 Å². The van der Waals surface area contributed by atoms with Crippen LogP contribution in [0.4, 0.5) is 10.5 Å². The average molecular weight is 495 g/mol. The Balaban J connectivity index is 1.43. The van der Waals surface area contributed by atoms with Crippen LogP contribution in [0.15, 0.2) is 59.1 Å². The number of carbonyl (C=O) groups is 2. The zero-order chi connectivity index (χ0) is 22.7. The van der Waals surface area contributed by atoms with Crippen LogP contribution < -0.4 is 10.6 Å². The summed E-state index contributed by atoms with van der Waals surface area (Å²) in [6.45, 7) is 5.95. The van der Waals surface area contributed by atoms with Crippen molar-refractivity contribution in [3.8, 4) is 5.69 Å². The fourth-order valence-electron chi connectivity index (χ4n) is 4.16. The van der Waals surface area contributed by atoms with Gasteiger partial charge in [-0.3, -0.25) is 4.79 Å². The summed E-state index contributed by atoms with van der Waals surface area (Å²) in [6.07, 6.45) is 2.11. The van der Waals surface area contributed by atoms with Gasteiger partial charge in [-0.25, -0.2) is 4.79 Å². The summed E-state index contributed by atoms with van der Waals surface area (Å²) in [5, 5.41) is 5.96. The van der Waals surface area contributed by atoms with Crippen LogP contribution in [0.3, 0.4) is 0 Å². The number of urea groups is 1. The third kappa shape index (κ3) is 4.88. The zero-order valence-electron chi connectivity index (χ0n) is 18.3. The number of hydrogen-bond acceptors (Lipinski definition) is 2. The van der Waals surface area contributed by atoms with Gasteiger partial charge < -0.3 is 20.1 Å². The molecule has 0 unspecified atom stereocenters. The Kier molecular flexibility index (Phi) is 6.65. The maximum atomic E-state index is 12.9. The van der Waals surface area contributed by atoms with Gasteiger partial charge in [-0.05, 0) is 68.7 Å². The maximum absolute atomic E-state index is 12.9. The molecule has 2 N–H and O–H groups in total. The molecule has 0 bridgehead atoms. The molecule has 1 aromatic heterocycles. The number of nitrogens with zero attached hydrogens (tertiary/aromatic N) is 2. The number of anilines is 1. The van der Waals surface area contributed by atoms with E-state index in [1.165, 1.54) is 0 Å². The standard InChI is InChI=1S/C25H27BrN4O2/c1-17-13-23(18(2)30(17)22-10-6-8-20(26)15-22)24(31)27-16-19-7-5-9-21(14-19)28-25(32)29-11-3-4-12-29/h5-10,13-15H,3-4,11-12,16H2,1-2H3,(H,27,31)(H,28,32). The molecule has 0 spiro atoms. The predicted octanol–water partition coefficient (Wildman–Crippen LogP) is 5.41. The number of likely N-dealkylation sites (tertiary alicyclic amines) is 1. The summed E-state index contributed by atoms with van der Waals surface area (Å²) in [7, 11) is 0. The number of carbonyl (C=O) groups excluding carboxylic acids is 2. The molecule has 2 heterocycles. The van der Waals surface area contributed by atoms with E-state index < -0.39 is 0 Å². The summed E-state index contributed by atoms with van der Waals surface area (Å²) < 4.78 is 3.07. The topological polar surface area (TPSA) is 66.4 Å². The summed E-state index contributed by atoms with van der Waals surface area (Å²) in [5.74, 6) is -0.120. The van der Waals surface area contributed by atoms with Crippen molar-refractivity contribution in [1.29, 1.82) is 0 Å². The van der Waals surface area contributed by atoms with Crippen molar-refractivity contribution in [2.45, 2.75) is 33.2 Å². The molecular formula is C25H27BrN4O2. The quantitative estimate of drug-likeness (QED) is 0.497. The van der Waals surface area contributed by atoms with E-state index in [-0.39, 0.29) is 11.9 Å². The molecule has 3 aromatic rings. The fourth-order valence-corrected chi connectivity index (χ4v) is 4.55. The van der Waals surface area contributed by atoms with Crippen LogP contribution in [-0.4, -0.2) is 34.5 Å². The molecular weight excluding hydrogens is 468 g/mol. The minimum atomic E-state index is -0.120. The molecule has 1 saturated heterocycles. The first kappa shape index (κ1) is 22.1. The van der Waals surface area contributed by atoms with Gasteiger partial charge in [0, 0.05) is 46.9 Å². The summed E-state index contributed by atoms with van der Waals surface area (Å²) in [5.41, 5.74) is 5.22. The highest BCUT2D eigenvalue weighted by Gasteiger charge is 2.18. The highest BCUT2D eigenvalue weighted by atomic mass is 79.9. The van der Waals surface area contributed by atoms with Crippen LogP contribution >= 0.6 is 15.9 Å². The Hall–Kier alpha value is -3.06. The summed E-state index contributed by atoms with van der Waals surface area (Å²) >= 11 is 3.51. The van der Waals surface area contributed by atoms with Gasteiger partial charge in [0.15, 0.2) is 0 Å². The van der Waals surface area contributed by atoms with Crippen molar-refractivity contribution in [2.75, 3.05) is 18.4 Å². The van der Waals surface area contributed by atoms with Gasteiger partial charge in [0.2, 0.25) is 0 Å². The van der Waals surface area contributed by atoms with E-state index in [0.717, 1.165) is 58.7 Å². The van der Waals surface area contributed by atoms with Gasteiger partial charge in [0.05, 0.1) is 5.56 Å². The molecule has 7 heteroatoms. The lowest BCUT2D eigenvalue weighted by molar-refractivity contribution is 0.0950. The smallest absolute Gasteiger partial charge is 0.321 e. The third-order valence-corrected chi connectivity index (χ3v) is 6.26. The number of aromatic nitrogens is 1. The van der Waals surface area contributed by atoms with Crippen LogP contribution in [0.5, 0.6) is 0 Å². The van der Waals surface area contributed by atoms with Crippen molar-refractivity contribution in [2.24, 2.45) is 0 Å². The first-order valence-electron chi connectivity index (χ1n) is 10.8. The van der Waals surface area contributed by atoms with E-state index in [1.54, 1.807) is 0 Å². The largest absolute Gasteiger partial charge is 0.348 e. The second-order valence-electron chi connectivity index (χ2n) is 8.11. The van der Waals surface area contributed by atoms with Crippen molar-refractivity contribution >= 4 is 33.6 Å². The molecule has 4 rings (SSSR count). The van der Waals surface area contributed by atoms with Gasteiger partial charge in [-0.15, -0.1) is 0 Å². The summed E-state index contributed by atoms with van der Waals surface area (Å²) in [4.78, 5) is 27.1. The Bertz CT molecular complexity index is 1150. The molecule has 0 atom stereocenters. The highest BCUT2D eigenvalue weighted by molar-refractivity contribution is 9.10. The second kappa shape index (κ2) is 9.61.